The first kappa shape index (κ1) is 37.2. The molecule has 54 heavy (non-hydrogen) atoms. The molecule has 0 bridgehead atoms. The van der Waals surface area contributed by atoms with E-state index in [4.69, 9.17) is 9.47 Å². The highest BCUT2D eigenvalue weighted by Crippen LogP contribution is 2.53. The number of aromatic nitrogens is 4. The van der Waals surface area contributed by atoms with Crippen LogP contribution in [0.2, 0.25) is 0 Å². The molecule has 284 valence electrons. The quantitative estimate of drug-likeness (QED) is 0.160. The molecule has 0 saturated carbocycles. The number of para-hydroxylation sites is 2. The van der Waals surface area contributed by atoms with Gasteiger partial charge in [0.05, 0.1) is 14.2 Å². The second kappa shape index (κ2) is 13.6. The lowest BCUT2D eigenvalue weighted by molar-refractivity contribution is -0.119. The zero-order chi connectivity index (χ0) is 38.7. The Morgan fingerprint density at radius 2 is 1.13 bits per heavy atom. The highest BCUT2D eigenvalue weighted by molar-refractivity contribution is 6.02. The first-order valence-electron chi connectivity index (χ1n) is 19.1. The van der Waals surface area contributed by atoms with Gasteiger partial charge in [0.25, 0.3) is 0 Å². The number of ether oxygens (including phenoxy) is 2. The predicted octanol–water partition coefficient (Wildman–Crippen LogP) is 9.10. The molecule has 2 aliphatic heterocycles. The summed E-state index contributed by atoms with van der Waals surface area (Å²) >= 11 is 0. The lowest BCUT2D eigenvalue weighted by atomic mass is 9.68. The SMILES string of the molecule is CCc1[nH]nc2c1C(c1ccccc1OC)C1=C(CC(C)(C)CC1=O)N2.COc1ccccc1C1C2=C(CC(C)(C)CC2=O)Nc2n[nH]c(C(C)(C)C)c21. The van der Waals surface area contributed by atoms with E-state index < -0.39 is 0 Å². The molecule has 10 nitrogen and oxygen atoms in total. The van der Waals surface area contributed by atoms with Gasteiger partial charge in [-0.3, -0.25) is 19.8 Å². The van der Waals surface area contributed by atoms with Crippen LogP contribution in [-0.2, 0) is 21.4 Å². The Kier molecular flexibility index (Phi) is 9.39. The van der Waals surface area contributed by atoms with E-state index in [-0.39, 0.29) is 39.6 Å². The minimum absolute atomic E-state index is 0.0460. The molecule has 4 heterocycles. The van der Waals surface area contributed by atoms with Crippen LogP contribution in [0.3, 0.4) is 0 Å². The van der Waals surface area contributed by atoms with Gasteiger partial charge in [-0.2, -0.15) is 10.2 Å². The maximum absolute atomic E-state index is 13.4. The number of H-pyrrole nitrogens is 2. The topological polar surface area (TPSA) is 134 Å². The number of aromatic amines is 2. The summed E-state index contributed by atoms with van der Waals surface area (Å²) in [6, 6.07) is 16.0. The first-order chi connectivity index (χ1) is 25.6. The predicted molar refractivity (Wildman–Crippen MR) is 212 cm³/mol. The van der Waals surface area contributed by atoms with Crippen molar-refractivity contribution < 1.29 is 19.1 Å². The normalized spacial score (nSPS) is 21.1. The number of fused-ring (bicyclic) bond motifs is 2. The maximum atomic E-state index is 13.4. The van der Waals surface area contributed by atoms with Crippen molar-refractivity contribution in [1.82, 2.24) is 20.4 Å². The Hall–Kier alpha value is -5.12. The molecule has 4 aromatic rings. The maximum Gasteiger partial charge on any atom is 0.162 e. The van der Waals surface area contributed by atoms with Crippen LogP contribution in [0, 0.1) is 10.8 Å². The Bertz CT molecular complexity index is 2190. The van der Waals surface area contributed by atoms with Crippen LogP contribution < -0.4 is 20.1 Å². The third-order valence-electron chi connectivity index (χ3n) is 11.2. The summed E-state index contributed by atoms with van der Waals surface area (Å²) in [5.74, 6) is 3.36. The van der Waals surface area contributed by atoms with Crippen LogP contribution in [0.4, 0.5) is 11.6 Å². The zero-order valence-electron chi connectivity index (χ0n) is 33.3. The third-order valence-corrected chi connectivity index (χ3v) is 11.2. The number of anilines is 2. The molecule has 8 rings (SSSR count). The number of Topliss-reactive ketones (excluding diaryl/α,β-unsaturated/α-hetero) is 2. The number of nitrogens with zero attached hydrogens (tertiary/aromatic N) is 2. The number of carbonyl (C=O) groups excluding carboxylic acids is 2. The van der Waals surface area contributed by atoms with E-state index in [0.717, 1.165) is 98.6 Å². The molecule has 0 spiro atoms. The number of ketones is 2. The van der Waals surface area contributed by atoms with Crippen molar-refractivity contribution in [3.63, 3.8) is 0 Å². The minimum atomic E-state index is -0.182. The second-order valence-corrected chi connectivity index (χ2v) is 17.7. The van der Waals surface area contributed by atoms with Crippen molar-refractivity contribution in [3.05, 3.63) is 105 Å². The fourth-order valence-electron chi connectivity index (χ4n) is 8.93. The van der Waals surface area contributed by atoms with Crippen LogP contribution in [0.25, 0.3) is 0 Å². The summed E-state index contributed by atoms with van der Waals surface area (Å²) < 4.78 is 11.3. The molecule has 4 N–H and O–H groups in total. The minimum Gasteiger partial charge on any atom is -0.496 e. The fraction of sp³-hybridized carbons (Fsp3) is 0.455. The third kappa shape index (κ3) is 6.54. The average Bonchev–Trinajstić information content (AvgIpc) is 3.73. The van der Waals surface area contributed by atoms with Crippen molar-refractivity contribution in [2.45, 2.75) is 105 Å². The van der Waals surface area contributed by atoms with Crippen LogP contribution in [-0.4, -0.2) is 46.2 Å². The lowest BCUT2D eigenvalue weighted by Crippen LogP contribution is -2.34. The smallest absolute Gasteiger partial charge is 0.162 e. The van der Waals surface area contributed by atoms with Crippen molar-refractivity contribution in [2.75, 3.05) is 24.9 Å². The summed E-state index contributed by atoms with van der Waals surface area (Å²) in [6.45, 7) is 17.2. The van der Waals surface area contributed by atoms with Gasteiger partial charge in [-0.05, 0) is 42.2 Å². The number of allylic oxidation sites excluding steroid dienone is 4. The summed E-state index contributed by atoms with van der Waals surface area (Å²) in [5, 5.41) is 22.4. The Balaban J connectivity index is 0.000000167. The number of hydrogen-bond donors (Lipinski definition) is 4. The van der Waals surface area contributed by atoms with Gasteiger partial charge in [-0.15, -0.1) is 0 Å². The monoisotopic (exact) mass is 730 g/mol. The number of carbonyl (C=O) groups is 2. The van der Waals surface area contributed by atoms with Gasteiger partial charge in [0, 0.05) is 86.3 Å². The van der Waals surface area contributed by atoms with Gasteiger partial charge < -0.3 is 20.1 Å². The van der Waals surface area contributed by atoms with Gasteiger partial charge in [-0.1, -0.05) is 91.8 Å². The highest BCUT2D eigenvalue weighted by Gasteiger charge is 2.45. The van der Waals surface area contributed by atoms with E-state index in [1.165, 1.54) is 0 Å². The molecule has 4 aliphatic rings. The van der Waals surface area contributed by atoms with Gasteiger partial charge in [0.15, 0.2) is 23.2 Å². The summed E-state index contributed by atoms with van der Waals surface area (Å²) in [4.78, 5) is 26.5. The Morgan fingerprint density at radius 3 is 1.59 bits per heavy atom. The summed E-state index contributed by atoms with van der Waals surface area (Å²) in [5.41, 5.74) is 9.79. The molecule has 0 saturated heterocycles. The lowest BCUT2D eigenvalue weighted by Gasteiger charge is -2.39. The van der Waals surface area contributed by atoms with Gasteiger partial charge in [0.1, 0.15) is 11.5 Å². The van der Waals surface area contributed by atoms with Crippen molar-refractivity contribution in [1.29, 1.82) is 0 Å². The molecule has 2 atom stereocenters. The van der Waals surface area contributed by atoms with E-state index in [9.17, 15) is 9.59 Å². The highest BCUT2D eigenvalue weighted by atomic mass is 16.5. The molecule has 0 amide bonds. The first-order valence-corrected chi connectivity index (χ1v) is 19.1. The largest absolute Gasteiger partial charge is 0.496 e. The van der Waals surface area contributed by atoms with Crippen LogP contribution in [0.15, 0.2) is 71.1 Å². The van der Waals surface area contributed by atoms with E-state index in [0.29, 0.717) is 12.8 Å². The second-order valence-electron chi connectivity index (χ2n) is 17.7. The van der Waals surface area contributed by atoms with Gasteiger partial charge in [0.2, 0.25) is 0 Å². The Labute approximate surface area is 318 Å². The molecule has 2 aliphatic carbocycles. The zero-order valence-corrected chi connectivity index (χ0v) is 33.3. The van der Waals surface area contributed by atoms with Crippen LogP contribution in [0.5, 0.6) is 11.5 Å². The number of methoxy groups -OCH3 is 2. The number of aryl methyl sites for hydroxylation is 1. The van der Waals surface area contributed by atoms with Crippen molar-refractivity contribution >= 4 is 23.2 Å². The van der Waals surface area contributed by atoms with Crippen molar-refractivity contribution in [3.8, 4) is 11.5 Å². The average molecular weight is 731 g/mol. The van der Waals surface area contributed by atoms with E-state index in [1.807, 2.05) is 36.4 Å². The number of hydrogen-bond acceptors (Lipinski definition) is 8. The number of rotatable bonds is 5. The summed E-state index contributed by atoms with van der Waals surface area (Å²) in [6.07, 6.45) is 3.62. The molecular weight excluding hydrogens is 677 g/mol. The summed E-state index contributed by atoms with van der Waals surface area (Å²) in [7, 11) is 3.36. The van der Waals surface area contributed by atoms with E-state index in [2.05, 4.69) is 98.6 Å². The molecule has 2 aromatic carbocycles. The van der Waals surface area contributed by atoms with E-state index >= 15 is 0 Å². The van der Waals surface area contributed by atoms with E-state index in [1.54, 1.807) is 14.2 Å². The van der Waals surface area contributed by atoms with Crippen molar-refractivity contribution in [2.24, 2.45) is 10.8 Å². The van der Waals surface area contributed by atoms with Crippen LogP contribution in [0.1, 0.15) is 127 Å². The number of benzene rings is 2. The van der Waals surface area contributed by atoms with Crippen LogP contribution >= 0.6 is 0 Å². The molecule has 2 unspecified atom stereocenters. The standard InChI is InChI=1S/C23H29N3O2.C21H25N3O2/c1-22(2,3)20-19-17(13-9-7-8-10-16(13)28-6)18-14(24-21(19)26-25-20)11-23(4,5)12-15(18)27;1-5-13-19-17(12-8-6-7-9-16(12)26-4)18-14(22-20(19)24-23-13)10-21(2,3)11-15(18)25/h7-10,17H,11-12H2,1-6H3,(H2,24,25,26);6-9,17H,5,10-11H2,1-4H3,(H2,22,23,24). The molecule has 10 heteroatoms. The molecular formula is C44H54N6O4. The fourth-order valence-corrected chi connectivity index (χ4v) is 8.93. The Morgan fingerprint density at radius 1 is 0.685 bits per heavy atom. The molecule has 2 aromatic heterocycles. The van der Waals surface area contributed by atoms with Gasteiger partial charge >= 0.3 is 0 Å². The van der Waals surface area contributed by atoms with Gasteiger partial charge in [-0.25, -0.2) is 0 Å². The molecule has 0 fully saturated rings. The molecule has 0 radical (unpaired) electrons. The number of nitrogens with one attached hydrogen (secondary N) is 4.